The zero-order valence-electron chi connectivity index (χ0n) is 15.4. The van der Waals surface area contributed by atoms with Gasteiger partial charge in [-0.1, -0.05) is 12.1 Å². The summed E-state index contributed by atoms with van der Waals surface area (Å²) in [6.45, 7) is 0.200. The van der Waals surface area contributed by atoms with E-state index in [9.17, 15) is 23.2 Å². The minimum absolute atomic E-state index is 0.0454. The summed E-state index contributed by atoms with van der Waals surface area (Å²) in [6, 6.07) is 13.1. The molecule has 0 fully saturated rings. The zero-order valence-corrected chi connectivity index (χ0v) is 16.2. The summed E-state index contributed by atoms with van der Waals surface area (Å²) in [5.74, 6) is 0.0865. The Kier molecular flexibility index (Phi) is 6.59. The summed E-state index contributed by atoms with van der Waals surface area (Å²) in [6.07, 6.45) is -3.17. The Morgan fingerprint density at radius 2 is 2.07 bits per heavy atom. The first-order valence-electron chi connectivity index (χ1n) is 8.66. The number of furan rings is 1. The third-order valence-corrected chi connectivity index (χ3v) is 4.76. The number of carbonyl (C=O) groups is 1. The van der Waals surface area contributed by atoms with Crippen LogP contribution in [-0.4, -0.2) is 5.91 Å². The van der Waals surface area contributed by atoms with E-state index in [-0.39, 0.29) is 23.7 Å². The van der Waals surface area contributed by atoms with Gasteiger partial charge in [-0.15, -0.1) is 11.3 Å². The number of nitriles is 1. The maximum atomic E-state index is 12.8. The number of alkyl halides is 3. The summed E-state index contributed by atoms with van der Waals surface area (Å²) >= 11 is 1.49. The molecule has 1 aromatic carbocycles. The van der Waals surface area contributed by atoms with Gasteiger partial charge in [0.2, 0.25) is 0 Å². The molecule has 2 heterocycles. The minimum atomic E-state index is -4.46. The van der Waals surface area contributed by atoms with Crippen molar-refractivity contribution in [1.82, 2.24) is 5.32 Å². The van der Waals surface area contributed by atoms with Gasteiger partial charge < -0.3 is 14.5 Å². The number of nitrogens with zero attached hydrogens (tertiary/aromatic N) is 1. The molecule has 0 saturated heterocycles. The van der Waals surface area contributed by atoms with E-state index in [0.717, 1.165) is 17.0 Å². The molecule has 1 amide bonds. The average molecular weight is 432 g/mol. The lowest BCUT2D eigenvalue weighted by Gasteiger charge is -2.09. The first-order valence-corrected chi connectivity index (χ1v) is 9.54. The van der Waals surface area contributed by atoms with E-state index < -0.39 is 17.6 Å². The van der Waals surface area contributed by atoms with Gasteiger partial charge in [0.25, 0.3) is 5.91 Å². The van der Waals surface area contributed by atoms with Gasteiger partial charge in [-0.25, -0.2) is 0 Å². The molecule has 3 rings (SSSR count). The van der Waals surface area contributed by atoms with E-state index in [0.29, 0.717) is 12.3 Å². The molecule has 1 N–H and O–H groups in total. The fourth-order valence-electron chi connectivity index (χ4n) is 2.43. The predicted molar refractivity (Wildman–Crippen MR) is 104 cm³/mol. The molecular formula is C21H15F3N2O3S. The minimum Gasteiger partial charge on any atom is -0.486 e. The normalized spacial score (nSPS) is 11.7. The van der Waals surface area contributed by atoms with E-state index in [1.165, 1.54) is 35.6 Å². The van der Waals surface area contributed by atoms with Crippen molar-refractivity contribution < 1.29 is 27.1 Å². The van der Waals surface area contributed by atoms with Crippen LogP contribution in [0.3, 0.4) is 0 Å². The van der Waals surface area contributed by atoms with Crippen molar-refractivity contribution in [3.63, 3.8) is 0 Å². The van der Waals surface area contributed by atoms with Crippen molar-refractivity contribution >= 4 is 23.3 Å². The SMILES string of the molecule is N#CC(=Cc1ccc(COc2cccc(C(F)(F)F)c2)o1)C(=O)NCc1cccs1. The van der Waals surface area contributed by atoms with Crippen LogP contribution in [0.5, 0.6) is 5.75 Å². The summed E-state index contributed by atoms with van der Waals surface area (Å²) in [5, 5.41) is 13.8. The van der Waals surface area contributed by atoms with Crippen molar-refractivity contribution in [3.05, 3.63) is 81.4 Å². The van der Waals surface area contributed by atoms with Crippen LogP contribution >= 0.6 is 11.3 Å². The highest BCUT2D eigenvalue weighted by Gasteiger charge is 2.30. The molecule has 30 heavy (non-hydrogen) atoms. The van der Waals surface area contributed by atoms with Gasteiger partial charge in [0.15, 0.2) is 0 Å². The van der Waals surface area contributed by atoms with Gasteiger partial charge in [0, 0.05) is 11.0 Å². The fourth-order valence-corrected chi connectivity index (χ4v) is 3.08. The van der Waals surface area contributed by atoms with Crippen LogP contribution in [0, 0.1) is 11.3 Å². The van der Waals surface area contributed by atoms with Gasteiger partial charge in [0.1, 0.15) is 35.5 Å². The Hall–Kier alpha value is -3.51. The zero-order chi connectivity index (χ0) is 21.6. The smallest absolute Gasteiger partial charge is 0.416 e. The van der Waals surface area contributed by atoms with Crippen molar-refractivity contribution in [2.75, 3.05) is 0 Å². The van der Waals surface area contributed by atoms with E-state index in [2.05, 4.69) is 5.32 Å². The van der Waals surface area contributed by atoms with Crippen LogP contribution in [0.15, 0.2) is 63.9 Å². The lowest BCUT2D eigenvalue weighted by atomic mass is 10.2. The Bertz CT molecular complexity index is 1080. The molecule has 0 aliphatic heterocycles. The fraction of sp³-hybridized carbons (Fsp3) is 0.143. The van der Waals surface area contributed by atoms with Gasteiger partial charge >= 0.3 is 6.18 Å². The van der Waals surface area contributed by atoms with Gasteiger partial charge in [-0.2, -0.15) is 18.4 Å². The third kappa shape index (κ3) is 5.75. The van der Waals surface area contributed by atoms with E-state index in [1.54, 1.807) is 6.07 Å². The molecule has 0 aliphatic rings. The summed E-state index contributed by atoms with van der Waals surface area (Å²) < 4.78 is 49.1. The summed E-state index contributed by atoms with van der Waals surface area (Å²) in [7, 11) is 0. The van der Waals surface area contributed by atoms with Crippen LogP contribution in [0.25, 0.3) is 6.08 Å². The van der Waals surface area contributed by atoms with Crippen molar-refractivity contribution in [1.29, 1.82) is 5.26 Å². The molecule has 9 heteroatoms. The topological polar surface area (TPSA) is 75.3 Å². The highest BCUT2D eigenvalue weighted by atomic mass is 32.1. The lowest BCUT2D eigenvalue weighted by molar-refractivity contribution is -0.137. The van der Waals surface area contributed by atoms with E-state index >= 15 is 0 Å². The van der Waals surface area contributed by atoms with Gasteiger partial charge in [-0.05, 0) is 41.8 Å². The number of hydrogen-bond donors (Lipinski definition) is 1. The maximum Gasteiger partial charge on any atom is 0.416 e. The number of amides is 1. The quantitative estimate of drug-likeness (QED) is 0.413. The monoisotopic (exact) mass is 432 g/mol. The third-order valence-electron chi connectivity index (χ3n) is 3.88. The molecule has 3 aromatic rings. The van der Waals surface area contributed by atoms with Crippen molar-refractivity contribution in [2.24, 2.45) is 0 Å². The summed E-state index contributed by atoms with van der Waals surface area (Å²) in [5.41, 5.74) is -0.943. The van der Waals surface area contributed by atoms with E-state index in [4.69, 9.17) is 9.15 Å². The number of benzene rings is 1. The molecular weight excluding hydrogens is 417 g/mol. The highest BCUT2D eigenvalue weighted by molar-refractivity contribution is 7.09. The lowest BCUT2D eigenvalue weighted by Crippen LogP contribution is -2.23. The second-order valence-corrected chi connectivity index (χ2v) is 7.08. The second kappa shape index (κ2) is 9.33. The molecule has 5 nitrogen and oxygen atoms in total. The molecule has 0 saturated carbocycles. The number of ether oxygens (including phenoxy) is 1. The number of thiophene rings is 1. The van der Waals surface area contributed by atoms with Crippen LogP contribution in [0.1, 0.15) is 22.0 Å². The molecule has 0 bridgehead atoms. The van der Waals surface area contributed by atoms with Crippen molar-refractivity contribution in [3.8, 4) is 11.8 Å². The van der Waals surface area contributed by atoms with Gasteiger partial charge in [-0.3, -0.25) is 4.79 Å². The number of rotatable bonds is 7. The largest absolute Gasteiger partial charge is 0.486 e. The van der Waals surface area contributed by atoms with Gasteiger partial charge in [0.05, 0.1) is 12.1 Å². The van der Waals surface area contributed by atoms with Crippen LogP contribution in [0.2, 0.25) is 0 Å². The molecule has 2 aromatic heterocycles. The number of hydrogen-bond acceptors (Lipinski definition) is 5. The Labute approximate surface area is 174 Å². The molecule has 0 radical (unpaired) electrons. The number of halogens is 3. The summed E-state index contributed by atoms with van der Waals surface area (Å²) in [4.78, 5) is 13.1. The number of carbonyl (C=O) groups excluding carboxylic acids is 1. The first kappa shape index (κ1) is 21.2. The van der Waals surface area contributed by atoms with Crippen LogP contribution in [-0.2, 0) is 24.1 Å². The predicted octanol–water partition coefficient (Wildman–Crippen LogP) is 5.16. The Balaban J connectivity index is 1.61. The van der Waals surface area contributed by atoms with Crippen molar-refractivity contribution in [2.45, 2.75) is 19.3 Å². The molecule has 0 atom stereocenters. The standard InChI is InChI=1S/C21H15F3N2O3S/c22-21(23,24)15-3-1-4-16(10-15)28-13-18-7-6-17(29-18)9-14(11-25)20(27)26-12-19-5-2-8-30-19/h1-10H,12-13H2,(H,26,27). The Morgan fingerprint density at radius 3 is 2.77 bits per heavy atom. The molecule has 154 valence electrons. The number of nitrogens with one attached hydrogen (secondary N) is 1. The highest BCUT2D eigenvalue weighted by Crippen LogP contribution is 2.31. The Morgan fingerprint density at radius 1 is 1.23 bits per heavy atom. The van der Waals surface area contributed by atoms with Crippen LogP contribution < -0.4 is 10.1 Å². The van der Waals surface area contributed by atoms with E-state index in [1.807, 2.05) is 23.6 Å². The maximum absolute atomic E-state index is 12.8. The van der Waals surface area contributed by atoms with Crippen LogP contribution in [0.4, 0.5) is 13.2 Å². The second-order valence-electron chi connectivity index (χ2n) is 6.05. The first-order chi connectivity index (χ1) is 14.3. The average Bonchev–Trinajstić information content (AvgIpc) is 3.40. The molecule has 0 unspecified atom stereocenters. The molecule has 0 spiro atoms. The molecule has 0 aliphatic carbocycles.